The second-order valence-corrected chi connectivity index (χ2v) is 6.96. The molecule has 132 valence electrons. The first-order chi connectivity index (χ1) is 12.0. The Balaban J connectivity index is 1.68. The lowest BCUT2D eigenvalue weighted by molar-refractivity contribution is 0.508. The van der Waals surface area contributed by atoms with Gasteiger partial charge in [0.05, 0.1) is 0 Å². The number of nitrogens with one attached hydrogen (secondary N) is 1. The molecule has 1 saturated heterocycles. The van der Waals surface area contributed by atoms with Crippen molar-refractivity contribution in [3.8, 4) is 0 Å². The number of aryl methyl sites for hydroxylation is 1. The van der Waals surface area contributed by atoms with Gasteiger partial charge in [0.2, 0.25) is 0 Å². The third-order valence-corrected chi connectivity index (χ3v) is 5.03. The van der Waals surface area contributed by atoms with Crippen LogP contribution in [-0.2, 0) is 6.54 Å². The molecule has 5 heteroatoms. The van der Waals surface area contributed by atoms with E-state index in [1.807, 2.05) is 18.0 Å². The molecule has 3 nitrogen and oxygen atoms in total. The summed E-state index contributed by atoms with van der Waals surface area (Å²) in [7, 11) is 1.96. The zero-order valence-electron chi connectivity index (χ0n) is 14.8. The fourth-order valence-corrected chi connectivity index (χ4v) is 3.31. The van der Waals surface area contributed by atoms with Crippen LogP contribution >= 0.6 is 12.2 Å². The van der Waals surface area contributed by atoms with Crippen LogP contribution in [0.4, 0.5) is 15.8 Å². The minimum absolute atomic E-state index is 0.227. The van der Waals surface area contributed by atoms with E-state index in [0.29, 0.717) is 22.9 Å². The molecule has 0 saturated carbocycles. The highest BCUT2D eigenvalue weighted by Crippen LogP contribution is 2.25. The maximum absolute atomic E-state index is 13.7. The predicted octanol–water partition coefficient (Wildman–Crippen LogP) is 4.56. The quantitative estimate of drug-likeness (QED) is 0.808. The molecule has 0 radical (unpaired) electrons. The molecule has 2 aromatic carbocycles. The molecule has 1 aliphatic heterocycles. The fraction of sp³-hybridized carbons (Fsp3) is 0.350. The average Bonchev–Trinajstić information content (AvgIpc) is 3.13. The van der Waals surface area contributed by atoms with Crippen LogP contribution in [0.1, 0.15) is 24.0 Å². The molecule has 1 aliphatic rings. The summed E-state index contributed by atoms with van der Waals surface area (Å²) >= 11 is 5.49. The minimum atomic E-state index is -0.227. The summed E-state index contributed by atoms with van der Waals surface area (Å²) in [6, 6.07) is 13.6. The van der Waals surface area contributed by atoms with Gasteiger partial charge >= 0.3 is 0 Å². The number of para-hydroxylation sites is 1. The summed E-state index contributed by atoms with van der Waals surface area (Å²) in [5.74, 6) is -0.227. The molecule has 0 atom stereocenters. The lowest BCUT2D eigenvalue weighted by atomic mass is 10.1. The summed E-state index contributed by atoms with van der Waals surface area (Å²) in [5.41, 5.74) is 3.85. The van der Waals surface area contributed by atoms with Gasteiger partial charge in [-0.3, -0.25) is 0 Å². The Hall–Kier alpha value is -2.14. The summed E-state index contributed by atoms with van der Waals surface area (Å²) in [4.78, 5) is 4.43. The Morgan fingerprint density at radius 1 is 1.20 bits per heavy atom. The van der Waals surface area contributed by atoms with Crippen molar-refractivity contribution in [2.45, 2.75) is 26.3 Å². The Morgan fingerprint density at radius 2 is 1.92 bits per heavy atom. The van der Waals surface area contributed by atoms with E-state index in [0.717, 1.165) is 13.1 Å². The first-order valence-electron chi connectivity index (χ1n) is 8.66. The van der Waals surface area contributed by atoms with Crippen molar-refractivity contribution in [1.82, 2.24) is 4.90 Å². The van der Waals surface area contributed by atoms with Crippen molar-refractivity contribution in [1.29, 1.82) is 0 Å². The molecule has 0 aliphatic carbocycles. The fourth-order valence-electron chi connectivity index (χ4n) is 3.13. The highest BCUT2D eigenvalue weighted by molar-refractivity contribution is 7.80. The predicted molar refractivity (Wildman–Crippen MR) is 107 cm³/mol. The van der Waals surface area contributed by atoms with Gasteiger partial charge in [-0.1, -0.05) is 24.3 Å². The molecule has 0 amide bonds. The molecule has 2 aromatic rings. The molecular formula is C20H24FN3S. The molecule has 1 heterocycles. The van der Waals surface area contributed by atoms with Gasteiger partial charge < -0.3 is 15.1 Å². The van der Waals surface area contributed by atoms with E-state index in [1.165, 1.54) is 30.2 Å². The molecular weight excluding hydrogens is 333 g/mol. The lowest BCUT2D eigenvalue weighted by Gasteiger charge is -2.26. The molecule has 25 heavy (non-hydrogen) atoms. The highest BCUT2D eigenvalue weighted by atomic mass is 32.1. The SMILES string of the molecule is Cc1ccc(NC(=S)N(C)Cc2ccccc2N2CCCC2)cc1F. The number of benzene rings is 2. The van der Waals surface area contributed by atoms with Gasteiger partial charge in [0.15, 0.2) is 5.11 Å². The summed E-state index contributed by atoms with van der Waals surface area (Å²) in [6.07, 6.45) is 2.51. The van der Waals surface area contributed by atoms with Gasteiger partial charge in [-0.25, -0.2) is 4.39 Å². The normalized spacial score (nSPS) is 13.8. The van der Waals surface area contributed by atoms with Gasteiger partial charge in [-0.15, -0.1) is 0 Å². The van der Waals surface area contributed by atoms with Gasteiger partial charge in [-0.05, 0) is 61.3 Å². The molecule has 0 bridgehead atoms. The summed E-state index contributed by atoms with van der Waals surface area (Å²) in [5, 5.41) is 3.71. The Labute approximate surface area is 154 Å². The molecule has 1 N–H and O–H groups in total. The van der Waals surface area contributed by atoms with Crippen molar-refractivity contribution in [2.75, 3.05) is 30.4 Å². The first kappa shape index (κ1) is 17.7. The number of nitrogens with zero attached hydrogens (tertiary/aromatic N) is 2. The van der Waals surface area contributed by atoms with Crippen molar-refractivity contribution in [3.63, 3.8) is 0 Å². The maximum Gasteiger partial charge on any atom is 0.173 e. The molecule has 1 fully saturated rings. The van der Waals surface area contributed by atoms with Gasteiger partial charge in [-0.2, -0.15) is 0 Å². The molecule has 0 unspecified atom stereocenters. The van der Waals surface area contributed by atoms with Crippen molar-refractivity contribution in [2.24, 2.45) is 0 Å². The number of hydrogen-bond acceptors (Lipinski definition) is 2. The van der Waals surface area contributed by atoms with E-state index in [-0.39, 0.29) is 5.82 Å². The molecule has 0 spiro atoms. The zero-order chi connectivity index (χ0) is 17.8. The minimum Gasteiger partial charge on any atom is -0.371 e. The molecule has 3 rings (SSSR count). The van der Waals surface area contributed by atoms with E-state index >= 15 is 0 Å². The van der Waals surface area contributed by atoms with Crippen molar-refractivity contribution in [3.05, 3.63) is 59.4 Å². The van der Waals surface area contributed by atoms with Crippen LogP contribution in [0.15, 0.2) is 42.5 Å². The van der Waals surface area contributed by atoms with Crippen LogP contribution < -0.4 is 10.2 Å². The Kier molecular flexibility index (Phi) is 5.53. The second-order valence-electron chi connectivity index (χ2n) is 6.57. The van der Waals surface area contributed by atoms with Gasteiger partial charge in [0, 0.05) is 38.1 Å². The van der Waals surface area contributed by atoms with Crippen molar-refractivity contribution >= 4 is 28.7 Å². The van der Waals surface area contributed by atoms with Crippen LogP contribution in [0.25, 0.3) is 0 Å². The van der Waals surface area contributed by atoms with Crippen LogP contribution in [0.5, 0.6) is 0 Å². The standard InChI is InChI=1S/C20H24FN3S/c1-15-9-10-17(13-18(15)21)22-20(25)23(2)14-16-7-3-4-8-19(16)24-11-5-6-12-24/h3-4,7-10,13H,5-6,11-12,14H2,1-2H3,(H,22,25). The van der Waals surface area contributed by atoms with E-state index in [9.17, 15) is 4.39 Å². The largest absolute Gasteiger partial charge is 0.371 e. The number of rotatable bonds is 4. The maximum atomic E-state index is 13.7. The van der Waals surface area contributed by atoms with Crippen LogP contribution in [0, 0.1) is 12.7 Å². The van der Waals surface area contributed by atoms with E-state index in [2.05, 4.69) is 34.5 Å². The van der Waals surface area contributed by atoms with Crippen molar-refractivity contribution < 1.29 is 4.39 Å². The Morgan fingerprint density at radius 3 is 2.64 bits per heavy atom. The van der Waals surface area contributed by atoms with E-state index in [4.69, 9.17) is 12.2 Å². The van der Waals surface area contributed by atoms with Crippen LogP contribution in [-0.4, -0.2) is 30.1 Å². The summed E-state index contributed by atoms with van der Waals surface area (Å²) in [6.45, 7) is 4.70. The summed E-state index contributed by atoms with van der Waals surface area (Å²) < 4.78 is 13.7. The average molecular weight is 357 g/mol. The monoisotopic (exact) mass is 357 g/mol. The van der Waals surface area contributed by atoms with E-state index in [1.54, 1.807) is 13.0 Å². The number of thiocarbonyl (C=S) groups is 1. The first-order valence-corrected chi connectivity index (χ1v) is 9.06. The zero-order valence-corrected chi connectivity index (χ0v) is 15.6. The van der Waals surface area contributed by atoms with Gasteiger partial charge in [0.1, 0.15) is 5.82 Å². The molecule has 0 aromatic heterocycles. The van der Waals surface area contributed by atoms with Crippen LogP contribution in [0.3, 0.4) is 0 Å². The van der Waals surface area contributed by atoms with E-state index < -0.39 is 0 Å². The Bertz CT molecular complexity index is 756. The number of halogens is 1. The second kappa shape index (κ2) is 7.83. The third-order valence-electron chi connectivity index (χ3n) is 4.62. The third kappa shape index (κ3) is 4.28. The smallest absolute Gasteiger partial charge is 0.173 e. The number of hydrogen-bond donors (Lipinski definition) is 1. The lowest BCUT2D eigenvalue weighted by Crippen LogP contribution is -2.31. The van der Waals surface area contributed by atoms with Crippen LogP contribution in [0.2, 0.25) is 0 Å². The topological polar surface area (TPSA) is 18.5 Å². The van der Waals surface area contributed by atoms with Gasteiger partial charge in [0.25, 0.3) is 0 Å². The highest BCUT2D eigenvalue weighted by Gasteiger charge is 2.16. The number of anilines is 2.